The van der Waals surface area contributed by atoms with E-state index in [1.807, 2.05) is 32.2 Å². The first-order chi connectivity index (χ1) is 8.61. The first-order valence-corrected chi connectivity index (χ1v) is 6.70. The monoisotopic (exact) mass is 263 g/mol. The van der Waals surface area contributed by atoms with Crippen LogP contribution in [0.3, 0.4) is 0 Å². The highest BCUT2D eigenvalue weighted by Gasteiger charge is 2.16. The number of benzene rings is 1. The third-order valence-corrected chi connectivity index (χ3v) is 3.91. The summed E-state index contributed by atoms with van der Waals surface area (Å²) >= 11 is 1.64. The molecule has 4 nitrogen and oxygen atoms in total. The van der Waals surface area contributed by atoms with E-state index in [0.717, 1.165) is 15.2 Å². The Balaban J connectivity index is 2.11. The Kier molecular flexibility index (Phi) is 3.93. The minimum Gasteiger partial charge on any atom is -0.338 e. The number of hydrogen-bond acceptors (Lipinski definition) is 4. The maximum atomic E-state index is 11.9. The van der Waals surface area contributed by atoms with Crippen LogP contribution in [-0.2, 0) is 11.3 Å². The van der Waals surface area contributed by atoms with E-state index in [9.17, 15) is 4.79 Å². The second-order valence-corrected chi connectivity index (χ2v) is 5.40. The number of carbonyl (C=O) groups excluding carboxylic acids is 1. The molecule has 1 heterocycles. The molecule has 0 saturated carbocycles. The molecular weight excluding hydrogens is 246 g/mol. The molecule has 0 fully saturated rings. The SMILES string of the molecule is CNC(C)C(=O)N(C)Cc1nc2ccccc2s1. The predicted octanol–water partition coefficient (Wildman–Crippen LogP) is 1.86. The van der Waals surface area contributed by atoms with Crippen LogP contribution in [-0.4, -0.2) is 35.9 Å². The highest BCUT2D eigenvalue weighted by Crippen LogP contribution is 2.22. The summed E-state index contributed by atoms with van der Waals surface area (Å²) in [4.78, 5) is 18.2. The van der Waals surface area contributed by atoms with Gasteiger partial charge in [-0.25, -0.2) is 4.98 Å². The van der Waals surface area contributed by atoms with Crippen LogP contribution in [0.1, 0.15) is 11.9 Å². The van der Waals surface area contributed by atoms with Crippen LogP contribution >= 0.6 is 11.3 Å². The third-order valence-electron chi connectivity index (χ3n) is 2.89. The van der Waals surface area contributed by atoms with E-state index in [-0.39, 0.29) is 11.9 Å². The van der Waals surface area contributed by atoms with Gasteiger partial charge in [-0.15, -0.1) is 11.3 Å². The molecule has 0 aliphatic heterocycles. The van der Waals surface area contributed by atoms with Gasteiger partial charge in [0.05, 0.1) is 22.8 Å². The number of rotatable bonds is 4. The fourth-order valence-corrected chi connectivity index (χ4v) is 2.74. The molecule has 2 rings (SSSR count). The molecule has 5 heteroatoms. The summed E-state index contributed by atoms with van der Waals surface area (Å²) in [6.45, 7) is 2.42. The van der Waals surface area contributed by atoms with E-state index >= 15 is 0 Å². The van der Waals surface area contributed by atoms with Gasteiger partial charge < -0.3 is 10.2 Å². The molecule has 1 aromatic heterocycles. The lowest BCUT2D eigenvalue weighted by Crippen LogP contribution is -2.41. The molecule has 96 valence electrons. The maximum Gasteiger partial charge on any atom is 0.239 e. The van der Waals surface area contributed by atoms with Crippen LogP contribution in [0.5, 0.6) is 0 Å². The molecule has 2 aromatic rings. The average molecular weight is 263 g/mol. The molecule has 1 aromatic carbocycles. The van der Waals surface area contributed by atoms with Crippen molar-refractivity contribution in [3.05, 3.63) is 29.3 Å². The number of para-hydroxylation sites is 1. The van der Waals surface area contributed by atoms with Crippen molar-refractivity contribution in [2.24, 2.45) is 0 Å². The Hall–Kier alpha value is -1.46. The summed E-state index contributed by atoms with van der Waals surface area (Å²) < 4.78 is 1.16. The molecule has 0 aliphatic rings. The lowest BCUT2D eigenvalue weighted by Gasteiger charge is -2.19. The Morgan fingerprint density at radius 3 is 2.89 bits per heavy atom. The second kappa shape index (κ2) is 5.46. The van der Waals surface area contributed by atoms with E-state index in [0.29, 0.717) is 6.54 Å². The summed E-state index contributed by atoms with van der Waals surface area (Å²) in [5.41, 5.74) is 1.00. The lowest BCUT2D eigenvalue weighted by atomic mass is 10.3. The molecule has 0 bridgehead atoms. The van der Waals surface area contributed by atoms with Gasteiger partial charge in [0.25, 0.3) is 0 Å². The van der Waals surface area contributed by atoms with Crippen LogP contribution in [0.15, 0.2) is 24.3 Å². The quantitative estimate of drug-likeness (QED) is 0.916. The van der Waals surface area contributed by atoms with E-state index in [1.165, 1.54) is 0 Å². The number of thiazole rings is 1. The van der Waals surface area contributed by atoms with Gasteiger partial charge in [0.15, 0.2) is 0 Å². The summed E-state index contributed by atoms with van der Waals surface area (Å²) in [6.07, 6.45) is 0. The predicted molar refractivity (Wildman–Crippen MR) is 74.6 cm³/mol. The average Bonchev–Trinajstić information content (AvgIpc) is 2.78. The van der Waals surface area contributed by atoms with Gasteiger partial charge in [-0.05, 0) is 26.1 Å². The van der Waals surface area contributed by atoms with Gasteiger partial charge in [0.2, 0.25) is 5.91 Å². The number of likely N-dealkylation sites (N-methyl/N-ethyl adjacent to an activating group) is 2. The minimum atomic E-state index is -0.163. The first kappa shape index (κ1) is 13.0. The number of amides is 1. The van der Waals surface area contributed by atoms with Crippen molar-refractivity contribution in [1.29, 1.82) is 0 Å². The van der Waals surface area contributed by atoms with Crippen LogP contribution < -0.4 is 5.32 Å². The van der Waals surface area contributed by atoms with Gasteiger partial charge in [0.1, 0.15) is 5.01 Å². The van der Waals surface area contributed by atoms with Crippen molar-refractivity contribution in [2.75, 3.05) is 14.1 Å². The Morgan fingerprint density at radius 1 is 1.50 bits per heavy atom. The second-order valence-electron chi connectivity index (χ2n) is 4.28. The van der Waals surface area contributed by atoms with Gasteiger partial charge in [-0.3, -0.25) is 4.79 Å². The molecule has 0 saturated heterocycles. The standard InChI is InChI=1S/C13H17N3OS/c1-9(14-2)13(17)16(3)8-12-15-10-6-4-5-7-11(10)18-12/h4-7,9,14H,8H2,1-3H3. The number of hydrogen-bond donors (Lipinski definition) is 1. The molecule has 1 amide bonds. The van der Waals surface area contributed by atoms with Crippen molar-refractivity contribution in [2.45, 2.75) is 19.5 Å². The highest BCUT2D eigenvalue weighted by atomic mass is 32.1. The van der Waals surface area contributed by atoms with Crippen molar-refractivity contribution < 1.29 is 4.79 Å². The zero-order chi connectivity index (χ0) is 13.1. The summed E-state index contributed by atoms with van der Waals surface area (Å²) in [5.74, 6) is 0.0803. The summed E-state index contributed by atoms with van der Waals surface area (Å²) in [6, 6.07) is 7.86. The number of carbonyl (C=O) groups is 1. The minimum absolute atomic E-state index is 0.0803. The van der Waals surface area contributed by atoms with Gasteiger partial charge in [-0.1, -0.05) is 12.1 Å². The molecule has 1 N–H and O–H groups in total. The topological polar surface area (TPSA) is 45.2 Å². The molecule has 0 radical (unpaired) electrons. The van der Waals surface area contributed by atoms with Gasteiger partial charge in [0, 0.05) is 7.05 Å². The molecule has 0 aliphatic carbocycles. The van der Waals surface area contributed by atoms with Gasteiger partial charge in [-0.2, -0.15) is 0 Å². The summed E-state index contributed by atoms with van der Waals surface area (Å²) in [7, 11) is 3.59. The van der Waals surface area contributed by atoms with Crippen molar-refractivity contribution in [3.63, 3.8) is 0 Å². The maximum absolute atomic E-state index is 11.9. The van der Waals surface area contributed by atoms with Crippen LogP contribution in [0, 0.1) is 0 Å². The lowest BCUT2D eigenvalue weighted by molar-refractivity contribution is -0.132. The largest absolute Gasteiger partial charge is 0.338 e. The van der Waals surface area contributed by atoms with E-state index in [2.05, 4.69) is 16.4 Å². The van der Waals surface area contributed by atoms with Gasteiger partial charge >= 0.3 is 0 Å². The normalized spacial score (nSPS) is 12.6. The van der Waals surface area contributed by atoms with Crippen LogP contribution in [0.4, 0.5) is 0 Å². The van der Waals surface area contributed by atoms with E-state index < -0.39 is 0 Å². The number of nitrogens with zero attached hydrogens (tertiary/aromatic N) is 2. The number of fused-ring (bicyclic) bond motifs is 1. The van der Waals surface area contributed by atoms with Crippen molar-refractivity contribution in [3.8, 4) is 0 Å². The molecule has 0 spiro atoms. The van der Waals surface area contributed by atoms with Crippen molar-refractivity contribution in [1.82, 2.24) is 15.2 Å². The van der Waals surface area contributed by atoms with Crippen molar-refractivity contribution >= 4 is 27.5 Å². The highest BCUT2D eigenvalue weighted by molar-refractivity contribution is 7.18. The first-order valence-electron chi connectivity index (χ1n) is 5.88. The summed E-state index contributed by atoms with van der Waals surface area (Å²) in [5, 5.41) is 3.92. The molecule has 1 atom stereocenters. The molecular formula is C13H17N3OS. The fraction of sp³-hybridized carbons (Fsp3) is 0.385. The number of aromatic nitrogens is 1. The smallest absolute Gasteiger partial charge is 0.239 e. The van der Waals surface area contributed by atoms with E-state index in [4.69, 9.17) is 0 Å². The molecule has 1 unspecified atom stereocenters. The zero-order valence-electron chi connectivity index (χ0n) is 10.8. The molecule has 18 heavy (non-hydrogen) atoms. The zero-order valence-corrected chi connectivity index (χ0v) is 11.6. The van der Waals surface area contributed by atoms with Crippen LogP contribution in [0.2, 0.25) is 0 Å². The third kappa shape index (κ3) is 2.68. The van der Waals surface area contributed by atoms with E-state index in [1.54, 1.807) is 23.3 Å². The Bertz CT molecular complexity index is 519. The Labute approximate surface area is 111 Å². The fourth-order valence-electron chi connectivity index (χ4n) is 1.72. The number of nitrogens with one attached hydrogen (secondary N) is 1. The van der Waals surface area contributed by atoms with Crippen LogP contribution in [0.25, 0.3) is 10.2 Å². The Morgan fingerprint density at radius 2 is 2.22 bits per heavy atom.